The lowest BCUT2D eigenvalue weighted by Gasteiger charge is -2.09. The molecule has 1 heterocycles. The molecule has 2 amide bonds. The van der Waals surface area contributed by atoms with Crippen LogP contribution in [0.1, 0.15) is 48.7 Å². The predicted octanol–water partition coefficient (Wildman–Crippen LogP) is 3.53. The third kappa shape index (κ3) is 5.81. The lowest BCUT2D eigenvalue weighted by atomic mass is 10.1. The van der Waals surface area contributed by atoms with Gasteiger partial charge >= 0.3 is 0 Å². The fourth-order valence-corrected chi connectivity index (χ4v) is 2.97. The standard InChI is InChI=1S/C22H26N4O3/c1-2-3-4-7-14-29-17-12-10-16(11-13-17)22(28)26-25-21(27)15-20-18-8-5-6-9-19(18)23-24-20/h5-6,8-13H,2-4,7,14-15H2,1H3,(H,23,24)(H,25,27)(H,26,28). The third-order valence-electron chi connectivity index (χ3n) is 4.58. The molecule has 0 aliphatic heterocycles. The summed E-state index contributed by atoms with van der Waals surface area (Å²) in [6.45, 7) is 2.84. The number of benzene rings is 2. The summed E-state index contributed by atoms with van der Waals surface area (Å²) in [5.41, 5.74) is 6.81. The molecule has 0 saturated carbocycles. The van der Waals surface area contributed by atoms with Crippen molar-refractivity contribution in [2.75, 3.05) is 6.61 Å². The number of fused-ring (bicyclic) bond motifs is 1. The maximum atomic E-state index is 12.2. The van der Waals surface area contributed by atoms with Crippen LogP contribution in [0.4, 0.5) is 0 Å². The summed E-state index contributed by atoms with van der Waals surface area (Å²) in [6.07, 6.45) is 4.67. The Morgan fingerprint density at radius 1 is 1.00 bits per heavy atom. The number of unbranched alkanes of at least 4 members (excludes halogenated alkanes) is 3. The fraction of sp³-hybridized carbons (Fsp3) is 0.318. The molecule has 3 aromatic rings. The summed E-state index contributed by atoms with van der Waals surface area (Å²) >= 11 is 0. The van der Waals surface area contributed by atoms with Gasteiger partial charge in [0.05, 0.1) is 24.2 Å². The lowest BCUT2D eigenvalue weighted by Crippen LogP contribution is -2.42. The number of aromatic amines is 1. The molecule has 0 bridgehead atoms. The minimum absolute atomic E-state index is 0.0889. The molecule has 3 rings (SSSR count). The van der Waals surface area contributed by atoms with Crippen LogP contribution in [-0.2, 0) is 11.2 Å². The van der Waals surface area contributed by atoms with E-state index in [1.807, 2.05) is 24.3 Å². The van der Waals surface area contributed by atoms with Crippen LogP contribution in [0.2, 0.25) is 0 Å². The van der Waals surface area contributed by atoms with E-state index in [1.54, 1.807) is 24.3 Å². The maximum absolute atomic E-state index is 12.2. The molecule has 0 fully saturated rings. The summed E-state index contributed by atoms with van der Waals surface area (Å²) in [4.78, 5) is 24.4. The first-order valence-corrected chi connectivity index (χ1v) is 9.91. The van der Waals surface area contributed by atoms with Crippen molar-refractivity contribution >= 4 is 22.7 Å². The van der Waals surface area contributed by atoms with Crippen LogP contribution in [-0.4, -0.2) is 28.6 Å². The third-order valence-corrected chi connectivity index (χ3v) is 4.58. The van der Waals surface area contributed by atoms with Crippen LogP contribution >= 0.6 is 0 Å². The molecule has 7 heteroatoms. The largest absolute Gasteiger partial charge is 0.494 e. The Labute approximate surface area is 169 Å². The smallest absolute Gasteiger partial charge is 0.269 e. The van der Waals surface area contributed by atoms with Crippen molar-refractivity contribution in [3.05, 3.63) is 59.8 Å². The Morgan fingerprint density at radius 2 is 1.79 bits per heavy atom. The number of hydrogen-bond acceptors (Lipinski definition) is 4. The molecular formula is C22H26N4O3. The Bertz CT molecular complexity index is 950. The number of nitrogens with zero attached hydrogens (tertiary/aromatic N) is 1. The van der Waals surface area contributed by atoms with E-state index < -0.39 is 0 Å². The number of carbonyl (C=O) groups is 2. The number of nitrogens with one attached hydrogen (secondary N) is 3. The number of carbonyl (C=O) groups excluding carboxylic acids is 2. The summed E-state index contributed by atoms with van der Waals surface area (Å²) in [5, 5.41) is 7.90. The van der Waals surface area contributed by atoms with E-state index in [9.17, 15) is 9.59 Å². The molecule has 0 saturated heterocycles. The van der Waals surface area contributed by atoms with Crippen LogP contribution in [0, 0.1) is 0 Å². The summed E-state index contributed by atoms with van der Waals surface area (Å²) in [6, 6.07) is 14.4. The zero-order chi connectivity index (χ0) is 20.5. The second-order valence-corrected chi connectivity index (χ2v) is 6.83. The molecule has 2 aromatic carbocycles. The molecular weight excluding hydrogens is 368 g/mol. The molecule has 29 heavy (non-hydrogen) atoms. The van der Waals surface area contributed by atoms with Crippen LogP contribution in [0.3, 0.4) is 0 Å². The lowest BCUT2D eigenvalue weighted by molar-refractivity contribution is -0.121. The van der Waals surface area contributed by atoms with E-state index >= 15 is 0 Å². The van der Waals surface area contributed by atoms with Gasteiger partial charge in [0.1, 0.15) is 5.75 Å². The SMILES string of the molecule is CCCCCCOc1ccc(C(=O)NNC(=O)Cc2[nH]nc3ccccc23)cc1. The van der Waals surface area contributed by atoms with Gasteiger partial charge in [-0.25, -0.2) is 0 Å². The van der Waals surface area contributed by atoms with Crippen molar-refractivity contribution in [1.82, 2.24) is 21.0 Å². The Morgan fingerprint density at radius 3 is 2.59 bits per heavy atom. The van der Waals surface area contributed by atoms with E-state index in [4.69, 9.17) is 4.74 Å². The molecule has 0 aliphatic rings. The van der Waals surface area contributed by atoms with Gasteiger partial charge in [-0.15, -0.1) is 0 Å². The molecule has 0 aliphatic carbocycles. The van der Waals surface area contributed by atoms with Crippen molar-refractivity contribution in [1.29, 1.82) is 0 Å². The Balaban J connectivity index is 1.44. The quantitative estimate of drug-likeness (QED) is 0.382. The summed E-state index contributed by atoms with van der Waals surface area (Å²) < 4.78 is 5.67. The van der Waals surface area contributed by atoms with Gasteiger partial charge in [-0.2, -0.15) is 5.10 Å². The van der Waals surface area contributed by atoms with Gasteiger partial charge in [-0.3, -0.25) is 25.5 Å². The highest BCUT2D eigenvalue weighted by molar-refractivity contribution is 5.96. The zero-order valence-corrected chi connectivity index (χ0v) is 16.5. The first-order chi connectivity index (χ1) is 14.2. The van der Waals surface area contributed by atoms with E-state index in [-0.39, 0.29) is 18.2 Å². The average molecular weight is 394 g/mol. The van der Waals surface area contributed by atoms with E-state index in [2.05, 4.69) is 28.0 Å². The molecule has 1 aromatic heterocycles. The van der Waals surface area contributed by atoms with Gasteiger partial charge in [0.2, 0.25) is 5.91 Å². The van der Waals surface area contributed by atoms with Crippen molar-refractivity contribution in [3.8, 4) is 5.75 Å². The highest BCUT2D eigenvalue weighted by Gasteiger charge is 2.11. The first kappa shape index (κ1) is 20.4. The van der Waals surface area contributed by atoms with Crippen LogP contribution < -0.4 is 15.6 Å². The van der Waals surface area contributed by atoms with Gasteiger partial charge in [-0.05, 0) is 36.8 Å². The molecule has 0 unspecified atom stereocenters. The van der Waals surface area contributed by atoms with E-state index in [0.717, 1.165) is 29.5 Å². The van der Waals surface area contributed by atoms with Crippen LogP contribution in [0.25, 0.3) is 10.9 Å². The van der Waals surface area contributed by atoms with Crippen molar-refractivity contribution in [2.45, 2.75) is 39.0 Å². The summed E-state index contributed by atoms with van der Waals surface area (Å²) in [7, 11) is 0. The number of hydrogen-bond donors (Lipinski definition) is 3. The second kappa shape index (κ2) is 10.3. The van der Waals surface area contributed by atoms with Crippen LogP contribution in [0.15, 0.2) is 48.5 Å². The second-order valence-electron chi connectivity index (χ2n) is 6.83. The number of ether oxygens (including phenoxy) is 1. The van der Waals surface area contributed by atoms with E-state index in [1.165, 1.54) is 12.8 Å². The average Bonchev–Trinajstić information content (AvgIpc) is 3.15. The molecule has 7 nitrogen and oxygen atoms in total. The number of H-pyrrole nitrogens is 1. The van der Waals surface area contributed by atoms with Gasteiger partial charge in [0.15, 0.2) is 0 Å². The Hall–Kier alpha value is -3.35. The maximum Gasteiger partial charge on any atom is 0.269 e. The van der Waals surface area contributed by atoms with Crippen LogP contribution in [0.5, 0.6) is 5.75 Å². The summed E-state index contributed by atoms with van der Waals surface area (Å²) in [5.74, 6) is 0.00954. The molecule has 152 valence electrons. The van der Waals surface area contributed by atoms with Gasteiger partial charge in [0.25, 0.3) is 5.91 Å². The number of aromatic nitrogens is 2. The molecule has 0 atom stereocenters. The van der Waals surface area contributed by atoms with Crippen molar-refractivity contribution in [2.24, 2.45) is 0 Å². The molecule has 0 radical (unpaired) electrons. The predicted molar refractivity (Wildman–Crippen MR) is 111 cm³/mol. The van der Waals surface area contributed by atoms with E-state index in [0.29, 0.717) is 17.9 Å². The first-order valence-electron chi connectivity index (χ1n) is 9.91. The number of para-hydroxylation sites is 1. The fourth-order valence-electron chi connectivity index (χ4n) is 2.97. The number of amides is 2. The normalized spacial score (nSPS) is 10.7. The van der Waals surface area contributed by atoms with Gasteiger partial charge in [0, 0.05) is 10.9 Å². The monoisotopic (exact) mass is 394 g/mol. The Kier molecular flexibility index (Phi) is 7.22. The number of rotatable bonds is 9. The molecule has 0 spiro atoms. The highest BCUT2D eigenvalue weighted by atomic mass is 16.5. The molecule has 3 N–H and O–H groups in total. The van der Waals surface area contributed by atoms with Crippen molar-refractivity contribution < 1.29 is 14.3 Å². The number of hydrazine groups is 1. The zero-order valence-electron chi connectivity index (χ0n) is 16.5. The topological polar surface area (TPSA) is 96.1 Å². The minimum atomic E-state index is -0.387. The van der Waals surface area contributed by atoms with Gasteiger partial charge in [-0.1, -0.05) is 44.4 Å². The highest BCUT2D eigenvalue weighted by Crippen LogP contribution is 2.15. The minimum Gasteiger partial charge on any atom is -0.494 e. The van der Waals surface area contributed by atoms with Gasteiger partial charge < -0.3 is 4.74 Å². The van der Waals surface area contributed by atoms with Crippen molar-refractivity contribution in [3.63, 3.8) is 0 Å².